The zero-order valence-corrected chi connectivity index (χ0v) is 33.9. The van der Waals surface area contributed by atoms with E-state index in [9.17, 15) is 24.3 Å². The Morgan fingerprint density at radius 2 is 1.50 bits per heavy atom. The van der Waals surface area contributed by atoms with Gasteiger partial charge in [-0.1, -0.05) is 114 Å². The molecule has 3 aromatic rings. The Kier molecular flexibility index (Phi) is 12.3. The molecule has 1 atom stereocenters. The molecule has 1 aliphatic rings. The van der Waals surface area contributed by atoms with E-state index in [0.717, 1.165) is 22.5 Å². The highest BCUT2D eigenvalue weighted by Gasteiger charge is 2.50. The Labute approximate surface area is 309 Å². The van der Waals surface area contributed by atoms with E-state index >= 15 is 0 Å². The third kappa shape index (κ3) is 8.38. The van der Waals surface area contributed by atoms with E-state index in [2.05, 4.69) is 70.0 Å². The van der Waals surface area contributed by atoms with Gasteiger partial charge < -0.3 is 19.0 Å². The number of carbonyl (C=O) groups excluding carboxylic acids is 4. The number of rotatable bonds is 13. The van der Waals surface area contributed by atoms with Crippen LogP contribution in [-0.4, -0.2) is 65.3 Å². The second-order valence-corrected chi connectivity index (χ2v) is 25.5. The maximum Gasteiger partial charge on any atom is 0.411 e. The van der Waals surface area contributed by atoms with Crippen LogP contribution in [-0.2, 0) is 9.16 Å². The molecule has 0 unspecified atom stereocenters. The lowest BCUT2D eigenvalue weighted by Gasteiger charge is -2.43. The Morgan fingerprint density at radius 1 is 0.942 bits per heavy atom. The first-order valence-corrected chi connectivity index (χ1v) is 23.1. The first-order chi connectivity index (χ1) is 24.3. The number of methoxy groups -OCH3 is 1. The molecule has 0 heterocycles. The molecule has 0 spiro atoms. The molecule has 0 fully saturated rings. The molecule has 276 valence electrons. The molecule has 4 rings (SSSR count). The number of allylic oxidation sites excluding steroid dienone is 3. The Morgan fingerprint density at radius 3 is 2.00 bits per heavy atom. The molecule has 52 heavy (non-hydrogen) atoms. The van der Waals surface area contributed by atoms with E-state index < -0.39 is 45.6 Å². The highest BCUT2D eigenvalue weighted by molar-refractivity contribution is 6.99. The molecule has 3 aromatic carbocycles. The number of alkyl carbamates (subject to hydrolysis) is 1. The first-order valence-electron chi connectivity index (χ1n) is 17.5. The number of ketones is 3. The van der Waals surface area contributed by atoms with E-state index in [4.69, 9.17) is 13.9 Å². The van der Waals surface area contributed by atoms with Gasteiger partial charge in [0, 0.05) is 26.3 Å². The lowest BCUT2D eigenvalue weighted by Crippen LogP contribution is -2.66. The number of carbonyl (C=O) groups is 4. The van der Waals surface area contributed by atoms with Crippen LogP contribution in [0.5, 0.6) is 11.5 Å². The number of hydrogen-bond acceptors (Lipinski definition) is 8. The summed E-state index contributed by atoms with van der Waals surface area (Å²) < 4.78 is 17.9. The summed E-state index contributed by atoms with van der Waals surface area (Å²) in [6.45, 7) is 18.6. The Bertz CT molecular complexity index is 1870. The van der Waals surface area contributed by atoms with Crippen molar-refractivity contribution in [2.45, 2.75) is 72.3 Å². The molecule has 0 bridgehead atoms. The average Bonchev–Trinajstić information content (AvgIpc) is 3.07. The van der Waals surface area contributed by atoms with Crippen molar-refractivity contribution >= 4 is 50.2 Å². The summed E-state index contributed by atoms with van der Waals surface area (Å²) in [5, 5.41) is 15.6. The largest absolute Gasteiger partial charge is 0.507 e. The number of aromatic hydroxyl groups is 1. The zero-order chi connectivity index (χ0) is 38.6. The summed E-state index contributed by atoms with van der Waals surface area (Å²) in [4.78, 5) is 54.2. The van der Waals surface area contributed by atoms with Crippen molar-refractivity contribution in [3.05, 3.63) is 106 Å². The smallest absolute Gasteiger partial charge is 0.411 e. The van der Waals surface area contributed by atoms with Crippen molar-refractivity contribution in [2.24, 2.45) is 5.92 Å². The number of phenolic OH excluding ortho intramolecular Hbond substituents is 1. The van der Waals surface area contributed by atoms with Crippen molar-refractivity contribution in [3.8, 4) is 11.5 Å². The number of benzene rings is 3. The fourth-order valence-corrected chi connectivity index (χ4v) is 12.0. The van der Waals surface area contributed by atoms with Gasteiger partial charge >= 0.3 is 6.09 Å². The maximum absolute atomic E-state index is 14.3. The van der Waals surface area contributed by atoms with Crippen LogP contribution in [0.4, 0.5) is 4.79 Å². The minimum atomic E-state index is -2.84. The van der Waals surface area contributed by atoms with Crippen LogP contribution in [0.3, 0.4) is 0 Å². The number of phenols is 1. The number of amides is 1. The maximum atomic E-state index is 14.3. The average molecular weight is 742 g/mol. The van der Waals surface area contributed by atoms with Crippen molar-refractivity contribution in [3.63, 3.8) is 0 Å². The molecule has 0 radical (unpaired) electrons. The number of hydrogen-bond donors (Lipinski definition) is 2. The van der Waals surface area contributed by atoms with Gasteiger partial charge in [-0.2, -0.15) is 0 Å². The van der Waals surface area contributed by atoms with Gasteiger partial charge in [-0.05, 0) is 46.8 Å². The predicted molar refractivity (Wildman–Crippen MR) is 210 cm³/mol. The summed E-state index contributed by atoms with van der Waals surface area (Å²) in [7, 11) is -2.99. The summed E-state index contributed by atoms with van der Waals surface area (Å²) in [5.41, 5.74) is -0.717. The van der Waals surface area contributed by atoms with Gasteiger partial charge in [0.1, 0.15) is 11.5 Å². The van der Waals surface area contributed by atoms with Crippen molar-refractivity contribution in [1.29, 1.82) is 0 Å². The van der Waals surface area contributed by atoms with E-state index in [1.165, 1.54) is 14.0 Å². The van der Waals surface area contributed by atoms with Crippen molar-refractivity contribution in [1.82, 2.24) is 5.32 Å². The Hall–Kier alpha value is -4.59. The second-order valence-electron chi connectivity index (χ2n) is 15.6. The van der Waals surface area contributed by atoms with Gasteiger partial charge in [0.05, 0.1) is 36.1 Å². The van der Waals surface area contributed by atoms with Crippen LogP contribution >= 0.6 is 0 Å². The summed E-state index contributed by atoms with van der Waals surface area (Å²) in [5.74, 6) is -2.84. The van der Waals surface area contributed by atoms with Crippen LogP contribution in [0.2, 0.25) is 30.7 Å². The van der Waals surface area contributed by atoms with Crippen LogP contribution < -0.4 is 20.4 Å². The monoisotopic (exact) mass is 741 g/mol. The molecule has 9 nitrogen and oxygen atoms in total. The normalized spacial score (nSPS) is 14.3. The van der Waals surface area contributed by atoms with E-state index in [1.807, 2.05) is 43.3 Å². The number of Topliss-reactive ketones (excluding diaryl/α,β-unsaturated/α-hetero) is 2. The van der Waals surface area contributed by atoms with Crippen LogP contribution in [0.15, 0.2) is 84.1 Å². The van der Waals surface area contributed by atoms with Gasteiger partial charge in [0.2, 0.25) is 5.78 Å². The fraction of sp³-hybridized carbons (Fsp3) is 0.366. The molecular weight excluding hydrogens is 691 g/mol. The SMILES string of the molecule is COc1c(C)c(O)c2c(c1C(=O)/C(C)=C/[C@H](C)CO[Si](c1ccccc1)(c1ccccc1)C(C)(C)C)C(=O)C=C(NC(=O)OCC[Si](C)(C)C)C2=O. The first kappa shape index (κ1) is 40.2. The molecule has 0 saturated heterocycles. The third-order valence-corrected chi connectivity index (χ3v) is 16.0. The number of nitrogens with one attached hydrogen (secondary N) is 1. The van der Waals surface area contributed by atoms with Crippen LogP contribution in [0.1, 0.15) is 71.3 Å². The molecule has 1 aliphatic carbocycles. The quantitative estimate of drug-likeness (QED) is 0.106. The van der Waals surface area contributed by atoms with Crippen molar-refractivity contribution in [2.75, 3.05) is 20.3 Å². The van der Waals surface area contributed by atoms with E-state index in [0.29, 0.717) is 12.2 Å². The highest BCUT2D eigenvalue weighted by Crippen LogP contribution is 2.42. The van der Waals surface area contributed by atoms with Gasteiger partial charge in [0.15, 0.2) is 11.6 Å². The Balaban J connectivity index is 1.67. The molecule has 0 saturated carbocycles. The number of ether oxygens (including phenoxy) is 2. The summed E-state index contributed by atoms with van der Waals surface area (Å²) >= 11 is 0. The fourth-order valence-electron chi connectivity index (χ4n) is 6.64. The van der Waals surface area contributed by atoms with Gasteiger partial charge in [-0.3, -0.25) is 19.7 Å². The highest BCUT2D eigenvalue weighted by atomic mass is 28.4. The molecule has 11 heteroatoms. The standard InChI is InChI=1S/C41H51NO8Si2/c1-26(25-50-52(41(4,5)6,29-17-13-11-14-18-29)30-19-15-12-16-20-30)23-27(2)36(44)35-33-32(43)24-31(42-40(47)49-21-22-51(8,9)10)38(46)34(33)37(45)28(3)39(35)48-7/h11-20,23-24,26,45H,21-22,25H2,1-10H3,(H,42,47)/b27-23+/t26-/m0/s1. The topological polar surface area (TPSA) is 128 Å². The molecule has 0 aromatic heterocycles. The summed E-state index contributed by atoms with van der Waals surface area (Å²) in [6.07, 6.45) is 1.86. The van der Waals surface area contributed by atoms with E-state index in [1.54, 1.807) is 13.0 Å². The van der Waals surface area contributed by atoms with Crippen molar-refractivity contribution < 1.29 is 38.2 Å². The van der Waals surface area contributed by atoms with Crippen LogP contribution in [0.25, 0.3) is 0 Å². The van der Waals surface area contributed by atoms with Crippen LogP contribution in [0, 0.1) is 12.8 Å². The lowest BCUT2D eigenvalue weighted by molar-refractivity contribution is 0.0962. The second kappa shape index (κ2) is 16.0. The number of fused-ring (bicyclic) bond motifs is 1. The minimum Gasteiger partial charge on any atom is -0.507 e. The predicted octanol–water partition coefficient (Wildman–Crippen LogP) is 7.38. The third-order valence-electron chi connectivity index (χ3n) is 9.28. The molecule has 2 N–H and O–H groups in total. The zero-order valence-electron chi connectivity index (χ0n) is 31.9. The van der Waals surface area contributed by atoms with Gasteiger partial charge in [-0.25, -0.2) is 4.79 Å². The molecule has 0 aliphatic heterocycles. The van der Waals surface area contributed by atoms with Gasteiger partial charge in [-0.15, -0.1) is 0 Å². The summed E-state index contributed by atoms with van der Waals surface area (Å²) in [6, 6.07) is 21.3. The van der Waals surface area contributed by atoms with E-state index in [-0.39, 0.29) is 51.3 Å². The molecule has 1 amide bonds. The molecular formula is C41H51NO8Si2. The van der Waals surface area contributed by atoms with Gasteiger partial charge in [0.25, 0.3) is 8.32 Å². The lowest BCUT2D eigenvalue weighted by atomic mass is 9.83. The minimum absolute atomic E-state index is 0.0121.